The molecule has 1 heterocycles. The highest BCUT2D eigenvalue weighted by Gasteiger charge is 2.27. The Bertz CT molecular complexity index is 616. The molecule has 2 amide bonds. The number of amides is 2. The predicted octanol–water partition coefficient (Wildman–Crippen LogP) is 3.06. The van der Waals surface area contributed by atoms with Crippen LogP contribution in [-0.2, 0) is 4.74 Å². The number of nitrogens with one attached hydrogen (secondary N) is 2. The van der Waals surface area contributed by atoms with Gasteiger partial charge in [0.05, 0.1) is 30.9 Å². The van der Waals surface area contributed by atoms with E-state index in [1.165, 1.54) is 0 Å². The summed E-state index contributed by atoms with van der Waals surface area (Å²) in [4.78, 5) is 14.9. The van der Waals surface area contributed by atoms with Crippen molar-refractivity contribution < 1.29 is 9.53 Å². The minimum Gasteiger partial charge on any atom is -0.379 e. The first-order valence-corrected chi connectivity index (χ1v) is 9.95. The van der Waals surface area contributed by atoms with Gasteiger partial charge in [0, 0.05) is 25.7 Å². The zero-order valence-corrected chi connectivity index (χ0v) is 16.7. The molecule has 2 N–H and O–H groups in total. The van der Waals surface area contributed by atoms with Gasteiger partial charge in [-0.2, -0.15) is 5.26 Å². The average Bonchev–Trinajstić information content (AvgIpc) is 2.71. The van der Waals surface area contributed by atoms with Gasteiger partial charge in [-0.05, 0) is 30.5 Å². The second kappa shape index (κ2) is 10.9. The highest BCUT2D eigenvalue weighted by atomic mass is 16.5. The Morgan fingerprint density at radius 3 is 2.41 bits per heavy atom. The van der Waals surface area contributed by atoms with Crippen LogP contribution in [-0.4, -0.2) is 49.8 Å². The molecular formula is C21H32N4O2. The predicted molar refractivity (Wildman–Crippen MR) is 106 cm³/mol. The summed E-state index contributed by atoms with van der Waals surface area (Å²) >= 11 is 0. The molecule has 1 saturated heterocycles. The lowest BCUT2D eigenvalue weighted by molar-refractivity contribution is 0.00236. The fraction of sp³-hybridized carbons (Fsp3) is 0.619. The Kier molecular flexibility index (Phi) is 8.56. The maximum atomic E-state index is 12.4. The SMILES string of the molecule is CCC(CC)[C@H](CNC(=O)N[C@@H](C)c1ccc(C#N)cc1)N1CCOCC1. The molecule has 0 unspecified atom stereocenters. The fourth-order valence-corrected chi connectivity index (χ4v) is 3.71. The number of nitriles is 1. The van der Waals surface area contributed by atoms with Gasteiger partial charge in [-0.1, -0.05) is 38.8 Å². The number of morpholine rings is 1. The van der Waals surface area contributed by atoms with E-state index in [0.717, 1.165) is 44.7 Å². The number of hydrogen-bond donors (Lipinski definition) is 2. The van der Waals surface area contributed by atoms with E-state index < -0.39 is 0 Å². The Morgan fingerprint density at radius 2 is 1.85 bits per heavy atom. The van der Waals surface area contributed by atoms with Gasteiger partial charge in [-0.25, -0.2) is 4.79 Å². The first-order chi connectivity index (χ1) is 13.1. The molecule has 27 heavy (non-hydrogen) atoms. The minimum atomic E-state index is -0.156. The van der Waals surface area contributed by atoms with Gasteiger partial charge in [-0.15, -0.1) is 0 Å². The van der Waals surface area contributed by atoms with Gasteiger partial charge in [0.15, 0.2) is 0 Å². The van der Waals surface area contributed by atoms with Crippen molar-refractivity contribution in [3.05, 3.63) is 35.4 Å². The summed E-state index contributed by atoms with van der Waals surface area (Å²) in [6.45, 7) is 10.4. The number of ether oxygens (including phenoxy) is 1. The first-order valence-electron chi connectivity index (χ1n) is 9.95. The Labute approximate surface area is 162 Å². The van der Waals surface area contributed by atoms with Crippen LogP contribution < -0.4 is 10.6 Å². The van der Waals surface area contributed by atoms with E-state index in [9.17, 15) is 4.79 Å². The Morgan fingerprint density at radius 1 is 1.22 bits per heavy atom. The van der Waals surface area contributed by atoms with Crippen LogP contribution in [0.1, 0.15) is 50.8 Å². The molecule has 2 atom stereocenters. The summed E-state index contributed by atoms with van der Waals surface area (Å²) < 4.78 is 5.48. The van der Waals surface area contributed by atoms with E-state index in [1.807, 2.05) is 19.1 Å². The third-order valence-corrected chi connectivity index (χ3v) is 5.47. The van der Waals surface area contributed by atoms with E-state index in [0.29, 0.717) is 24.1 Å². The lowest BCUT2D eigenvalue weighted by atomic mass is 9.92. The number of benzene rings is 1. The van der Waals surface area contributed by atoms with Crippen LogP contribution in [0.2, 0.25) is 0 Å². The smallest absolute Gasteiger partial charge is 0.315 e. The molecule has 1 aromatic carbocycles. The number of urea groups is 1. The first kappa shape index (κ1) is 21.2. The maximum Gasteiger partial charge on any atom is 0.315 e. The molecule has 0 saturated carbocycles. The number of carbonyl (C=O) groups is 1. The highest BCUT2D eigenvalue weighted by Crippen LogP contribution is 2.19. The number of hydrogen-bond acceptors (Lipinski definition) is 4. The van der Waals surface area contributed by atoms with Gasteiger partial charge in [0.25, 0.3) is 0 Å². The van der Waals surface area contributed by atoms with Crippen molar-refractivity contribution in [1.29, 1.82) is 5.26 Å². The molecule has 1 aliphatic heterocycles. The Balaban J connectivity index is 1.90. The lowest BCUT2D eigenvalue weighted by Gasteiger charge is -2.38. The molecule has 0 aromatic heterocycles. The van der Waals surface area contributed by atoms with Gasteiger partial charge in [-0.3, -0.25) is 4.90 Å². The topological polar surface area (TPSA) is 77.4 Å². The number of nitrogens with zero attached hydrogens (tertiary/aromatic N) is 2. The van der Waals surface area contributed by atoms with Crippen LogP contribution in [0.3, 0.4) is 0 Å². The molecule has 148 valence electrons. The van der Waals surface area contributed by atoms with Crippen molar-refractivity contribution in [1.82, 2.24) is 15.5 Å². The van der Waals surface area contributed by atoms with E-state index in [1.54, 1.807) is 12.1 Å². The third kappa shape index (κ3) is 6.23. The zero-order valence-electron chi connectivity index (χ0n) is 16.7. The highest BCUT2D eigenvalue weighted by molar-refractivity contribution is 5.74. The van der Waals surface area contributed by atoms with Gasteiger partial charge in [0.1, 0.15) is 0 Å². The van der Waals surface area contributed by atoms with E-state index in [4.69, 9.17) is 10.00 Å². The molecule has 0 spiro atoms. The maximum absolute atomic E-state index is 12.4. The van der Waals surface area contributed by atoms with Crippen molar-refractivity contribution in [2.24, 2.45) is 5.92 Å². The summed E-state index contributed by atoms with van der Waals surface area (Å²) in [5, 5.41) is 14.9. The van der Waals surface area contributed by atoms with Crippen LogP contribution >= 0.6 is 0 Å². The molecule has 6 heteroatoms. The third-order valence-electron chi connectivity index (χ3n) is 5.47. The second-order valence-electron chi connectivity index (χ2n) is 7.10. The molecule has 0 radical (unpaired) electrons. The second-order valence-corrected chi connectivity index (χ2v) is 7.10. The van der Waals surface area contributed by atoms with Gasteiger partial charge < -0.3 is 15.4 Å². The van der Waals surface area contributed by atoms with Crippen molar-refractivity contribution in [3.63, 3.8) is 0 Å². The van der Waals surface area contributed by atoms with Crippen molar-refractivity contribution in [3.8, 4) is 6.07 Å². The van der Waals surface area contributed by atoms with Crippen molar-refractivity contribution >= 4 is 6.03 Å². The summed E-state index contributed by atoms with van der Waals surface area (Å²) in [6.07, 6.45) is 2.20. The zero-order chi connectivity index (χ0) is 19.6. The van der Waals surface area contributed by atoms with Crippen LogP contribution in [0.25, 0.3) is 0 Å². The molecule has 0 aliphatic carbocycles. The molecule has 1 aromatic rings. The summed E-state index contributed by atoms with van der Waals surface area (Å²) in [5.74, 6) is 0.555. The van der Waals surface area contributed by atoms with Crippen LogP contribution in [0, 0.1) is 17.2 Å². The molecule has 1 aliphatic rings. The monoisotopic (exact) mass is 372 g/mol. The summed E-state index contributed by atoms with van der Waals surface area (Å²) in [5.41, 5.74) is 1.60. The minimum absolute atomic E-state index is 0.118. The molecule has 6 nitrogen and oxygen atoms in total. The van der Waals surface area contributed by atoms with Crippen LogP contribution in [0.5, 0.6) is 0 Å². The van der Waals surface area contributed by atoms with E-state index in [2.05, 4.69) is 35.5 Å². The molecule has 1 fully saturated rings. The standard InChI is InChI=1S/C21H32N4O2/c1-4-18(5-2)20(25-10-12-27-13-11-25)15-23-21(26)24-16(3)19-8-6-17(14-22)7-9-19/h6-9,16,18,20H,4-5,10-13,15H2,1-3H3,(H2,23,24,26)/t16-,20-/m0/s1. The number of rotatable bonds is 8. The summed E-state index contributed by atoms with van der Waals surface area (Å²) in [6, 6.07) is 9.47. The van der Waals surface area contributed by atoms with E-state index >= 15 is 0 Å². The van der Waals surface area contributed by atoms with E-state index in [-0.39, 0.29) is 12.1 Å². The van der Waals surface area contributed by atoms with Gasteiger partial charge in [0.2, 0.25) is 0 Å². The van der Waals surface area contributed by atoms with Crippen molar-refractivity contribution in [2.75, 3.05) is 32.8 Å². The largest absolute Gasteiger partial charge is 0.379 e. The quantitative estimate of drug-likeness (QED) is 0.735. The van der Waals surface area contributed by atoms with Crippen molar-refractivity contribution in [2.45, 2.75) is 45.7 Å². The molecular weight excluding hydrogens is 340 g/mol. The number of carbonyl (C=O) groups excluding carboxylic acids is 1. The van der Waals surface area contributed by atoms with Crippen LogP contribution in [0.15, 0.2) is 24.3 Å². The normalized spacial score (nSPS) is 17.1. The molecule has 0 bridgehead atoms. The fourth-order valence-electron chi connectivity index (χ4n) is 3.71. The van der Waals surface area contributed by atoms with Crippen LogP contribution in [0.4, 0.5) is 4.79 Å². The van der Waals surface area contributed by atoms with Gasteiger partial charge >= 0.3 is 6.03 Å². The average molecular weight is 373 g/mol. The Hall–Kier alpha value is -2.10. The lowest BCUT2D eigenvalue weighted by Crippen LogP contribution is -2.53. The molecule has 2 rings (SSSR count). The summed E-state index contributed by atoms with van der Waals surface area (Å²) in [7, 11) is 0.